The molecule has 4 nitrogen and oxygen atoms in total. The molecule has 26 heavy (non-hydrogen) atoms. The summed E-state index contributed by atoms with van der Waals surface area (Å²) in [5, 5.41) is 9.22. The van der Waals surface area contributed by atoms with E-state index >= 15 is 0 Å². The highest BCUT2D eigenvalue weighted by atomic mass is 16.5. The van der Waals surface area contributed by atoms with Crippen LogP contribution in [0.5, 0.6) is 0 Å². The van der Waals surface area contributed by atoms with Gasteiger partial charge in [-0.2, -0.15) is 0 Å². The van der Waals surface area contributed by atoms with E-state index in [9.17, 15) is 5.11 Å². The number of piperidine rings is 1. The number of aromatic nitrogens is 1. The van der Waals surface area contributed by atoms with Gasteiger partial charge in [-0.25, -0.2) is 0 Å². The molecule has 1 unspecified atom stereocenters. The van der Waals surface area contributed by atoms with Gasteiger partial charge in [-0.1, -0.05) is 30.3 Å². The maximum absolute atomic E-state index is 9.22. The van der Waals surface area contributed by atoms with Crippen LogP contribution in [-0.4, -0.2) is 47.3 Å². The Hall–Kier alpha value is -1.75. The Morgan fingerprint density at radius 3 is 2.62 bits per heavy atom. The normalized spacial score (nSPS) is 22.4. The first-order chi connectivity index (χ1) is 12.8. The number of hydrogen-bond donors (Lipinski definition) is 1. The van der Waals surface area contributed by atoms with E-state index in [0.29, 0.717) is 12.0 Å². The van der Waals surface area contributed by atoms with Gasteiger partial charge in [0.25, 0.3) is 0 Å². The molecule has 4 rings (SSSR count). The number of likely N-dealkylation sites (tertiary alicyclic amines) is 1. The second-order valence-corrected chi connectivity index (χ2v) is 7.48. The highest BCUT2D eigenvalue weighted by Gasteiger charge is 2.28. The largest absolute Gasteiger partial charge is 0.392 e. The summed E-state index contributed by atoms with van der Waals surface area (Å²) in [4.78, 5) is 7.66. The summed E-state index contributed by atoms with van der Waals surface area (Å²) in [5.41, 5.74) is 4.28. The second kappa shape index (κ2) is 8.30. The average molecular weight is 352 g/mol. The summed E-state index contributed by atoms with van der Waals surface area (Å²) in [7, 11) is 0. The maximum Gasteiger partial charge on any atom is 0.0705 e. The predicted molar refractivity (Wildman–Crippen MR) is 103 cm³/mol. The van der Waals surface area contributed by atoms with Crippen LogP contribution in [0.15, 0.2) is 42.5 Å². The predicted octanol–water partition coefficient (Wildman–Crippen LogP) is 3.60. The van der Waals surface area contributed by atoms with E-state index < -0.39 is 0 Å². The summed E-state index contributed by atoms with van der Waals surface area (Å²) in [6, 6.07) is 15.1. The third-order valence-electron chi connectivity index (χ3n) is 5.78. The molecule has 1 N–H and O–H groups in total. The van der Waals surface area contributed by atoms with Crippen molar-refractivity contribution in [1.29, 1.82) is 0 Å². The molecule has 0 saturated carbocycles. The monoisotopic (exact) mass is 352 g/mol. The molecule has 0 radical (unpaired) electrons. The number of hydrogen-bond acceptors (Lipinski definition) is 4. The summed E-state index contributed by atoms with van der Waals surface area (Å²) < 4.78 is 5.53. The van der Waals surface area contributed by atoms with E-state index in [1.807, 2.05) is 24.3 Å². The smallest absolute Gasteiger partial charge is 0.0705 e. The van der Waals surface area contributed by atoms with Crippen molar-refractivity contribution in [3.63, 3.8) is 0 Å². The first-order valence-corrected chi connectivity index (χ1v) is 9.82. The lowest BCUT2D eigenvalue weighted by atomic mass is 9.91. The molecule has 0 aliphatic carbocycles. The average Bonchev–Trinajstić information content (AvgIpc) is 2.75. The standard InChI is InChI=1S/C22H28N2O2/c25-16-17-6-8-18(9-7-17)21-4-1-5-22(23-21)19-3-2-12-24(15-19)20-10-13-26-14-11-20/h1,4-9,19-20,25H,2-3,10-16H2. The van der Waals surface area contributed by atoms with Crippen molar-refractivity contribution in [2.75, 3.05) is 26.3 Å². The summed E-state index contributed by atoms with van der Waals surface area (Å²) in [6.45, 7) is 4.22. The fourth-order valence-corrected chi connectivity index (χ4v) is 4.25. The Kier molecular flexibility index (Phi) is 5.63. The highest BCUT2D eigenvalue weighted by molar-refractivity contribution is 5.59. The molecule has 1 aromatic carbocycles. The van der Waals surface area contributed by atoms with E-state index in [-0.39, 0.29) is 6.61 Å². The molecule has 2 aliphatic rings. The number of rotatable bonds is 4. The van der Waals surface area contributed by atoms with Crippen LogP contribution in [0.1, 0.15) is 42.9 Å². The third kappa shape index (κ3) is 3.98. The molecule has 2 aliphatic heterocycles. The van der Waals surface area contributed by atoms with Crippen molar-refractivity contribution in [3.05, 3.63) is 53.7 Å². The van der Waals surface area contributed by atoms with Gasteiger partial charge in [0.05, 0.1) is 12.3 Å². The van der Waals surface area contributed by atoms with E-state index in [0.717, 1.165) is 49.4 Å². The van der Waals surface area contributed by atoms with E-state index in [4.69, 9.17) is 9.72 Å². The molecule has 2 saturated heterocycles. The molecule has 3 heterocycles. The number of pyridine rings is 1. The Labute approximate surface area is 155 Å². The number of aliphatic hydroxyl groups excluding tert-OH is 1. The fraction of sp³-hybridized carbons (Fsp3) is 0.500. The SMILES string of the molecule is OCc1ccc(-c2cccc(C3CCCN(C4CCOCC4)C3)n2)cc1. The Morgan fingerprint density at radius 1 is 1.04 bits per heavy atom. The minimum absolute atomic E-state index is 0.0812. The molecular formula is C22H28N2O2. The molecule has 1 atom stereocenters. The second-order valence-electron chi connectivity index (χ2n) is 7.48. The van der Waals surface area contributed by atoms with Crippen molar-refractivity contribution in [1.82, 2.24) is 9.88 Å². The van der Waals surface area contributed by atoms with Gasteiger partial charge in [-0.3, -0.25) is 9.88 Å². The van der Waals surface area contributed by atoms with Crippen LogP contribution in [-0.2, 0) is 11.3 Å². The van der Waals surface area contributed by atoms with Crippen molar-refractivity contribution < 1.29 is 9.84 Å². The maximum atomic E-state index is 9.22. The lowest BCUT2D eigenvalue weighted by Crippen LogP contribution is -2.44. The van der Waals surface area contributed by atoms with Crippen molar-refractivity contribution >= 4 is 0 Å². The van der Waals surface area contributed by atoms with Crippen LogP contribution in [0, 0.1) is 0 Å². The lowest BCUT2D eigenvalue weighted by molar-refractivity contribution is 0.0238. The quantitative estimate of drug-likeness (QED) is 0.913. The van der Waals surface area contributed by atoms with Gasteiger partial charge >= 0.3 is 0 Å². The molecule has 0 bridgehead atoms. The zero-order chi connectivity index (χ0) is 17.8. The van der Waals surface area contributed by atoms with Crippen LogP contribution < -0.4 is 0 Å². The van der Waals surface area contributed by atoms with Gasteiger partial charge in [-0.05, 0) is 49.9 Å². The van der Waals surface area contributed by atoms with Gasteiger partial charge in [-0.15, -0.1) is 0 Å². The molecule has 4 heteroatoms. The van der Waals surface area contributed by atoms with Crippen molar-refractivity contribution in [2.24, 2.45) is 0 Å². The van der Waals surface area contributed by atoms with Crippen LogP contribution in [0.2, 0.25) is 0 Å². The van der Waals surface area contributed by atoms with Crippen LogP contribution in [0.4, 0.5) is 0 Å². The highest BCUT2D eigenvalue weighted by Crippen LogP contribution is 2.30. The zero-order valence-corrected chi connectivity index (χ0v) is 15.3. The van der Waals surface area contributed by atoms with Crippen molar-refractivity contribution in [2.45, 2.75) is 44.2 Å². The number of ether oxygens (including phenoxy) is 1. The summed E-state index contributed by atoms with van der Waals surface area (Å²) in [6.07, 6.45) is 4.80. The number of benzene rings is 1. The van der Waals surface area contributed by atoms with E-state index in [1.165, 1.54) is 25.1 Å². The molecule has 2 aromatic rings. The molecule has 138 valence electrons. The Bertz CT molecular complexity index is 710. The Balaban J connectivity index is 1.49. The summed E-state index contributed by atoms with van der Waals surface area (Å²) >= 11 is 0. The molecule has 2 fully saturated rings. The van der Waals surface area contributed by atoms with Gasteiger partial charge in [0.15, 0.2) is 0 Å². The molecule has 0 spiro atoms. The molecular weight excluding hydrogens is 324 g/mol. The fourth-order valence-electron chi connectivity index (χ4n) is 4.25. The van der Waals surface area contributed by atoms with E-state index in [2.05, 4.69) is 23.1 Å². The first kappa shape index (κ1) is 17.7. The van der Waals surface area contributed by atoms with Crippen LogP contribution >= 0.6 is 0 Å². The van der Waals surface area contributed by atoms with Gasteiger partial charge in [0, 0.05) is 43.0 Å². The molecule has 0 amide bonds. The third-order valence-corrected chi connectivity index (χ3v) is 5.78. The lowest BCUT2D eigenvalue weighted by Gasteiger charge is -2.39. The van der Waals surface area contributed by atoms with Gasteiger partial charge in [0.2, 0.25) is 0 Å². The Morgan fingerprint density at radius 2 is 1.85 bits per heavy atom. The van der Waals surface area contributed by atoms with Gasteiger partial charge < -0.3 is 9.84 Å². The zero-order valence-electron chi connectivity index (χ0n) is 15.3. The van der Waals surface area contributed by atoms with E-state index in [1.54, 1.807) is 0 Å². The topological polar surface area (TPSA) is 45.6 Å². The minimum atomic E-state index is 0.0812. The number of nitrogens with zero attached hydrogens (tertiary/aromatic N) is 2. The van der Waals surface area contributed by atoms with Crippen LogP contribution in [0.3, 0.4) is 0 Å². The van der Waals surface area contributed by atoms with Crippen molar-refractivity contribution in [3.8, 4) is 11.3 Å². The first-order valence-electron chi connectivity index (χ1n) is 9.82. The molecule has 1 aromatic heterocycles. The van der Waals surface area contributed by atoms with Crippen LogP contribution in [0.25, 0.3) is 11.3 Å². The summed E-state index contributed by atoms with van der Waals surface area (Å²) in [5.74, 6) is 0.517. The van der Waals surface area contributed by atoms with Gasteiger partial charge in [0.1, 0.15) is 0 Å². The number of aliphatic hydroxyl groups is 1. The minimum Gasteiger partial charge on any atom is -0.392 e.